The van der Waals surface area contributed by atoms with Crippen LogP contribution in [0.5, 0.6) is 0 Å². The Morgan fingerprint density at radius 3 is 0.984 bits per heavy atom. The van der Waals surface area contributed by atoms with Gasteiger partial charge in [0.2, 0.25) is 11.8 Å². The lowest BCUT2D eigenvalue weighted by Gasteiger charge is -2.31. The second-order valence-electron chi connectivity index (χ2n) is 19.2. The molecule has 61 heavy (non-hydrogen) atoms. The minimum Gasteiger partial charge on any atom is -0.392 e. The third kappa shape index (κ3) is 33.8. The second kappa shape index (κ2) is 40.2. The van der Waals surface area contributed by atoms with E-state index in [2.05, 4.69) is 41.2 Å². The third-order valence-electron chi connectivity index (χ3n) is 12.8. The molecule has 0 radical (unpaired) electrons. The van der Waals surface area contributed by atoms with Crippen LogP contribution in [0.4, 0.5) is 0 Å². The lowest BCUT2D eigenvalue weighted by Crippen LogP contribution is -2.61. The van der Waals surface area contributed by atoms with Gasteiger partial charge in [-0.25, -0.2) is 0 Å². The zero-order chi connectivity index (χ0) is 44.8. The van der Waals surface area contributed by atoms with Crippen molar-refractivity contribution in [3.05, 3.63) is 0 Å². The number of carbonyl (C=O) groups excluding carboxylic acids is 2. The Bertz CT molecular complexity index is 976. The van der Waals surface area contributed by atoms with E-state index in [-0.39, 0.29) is 11.8 Å². The van der Waals surface area contributed by atoms with Crippen molar-refractivity contribution in [3.63, 3.8) is 0 Å². The van der Waals surface area contributed by atoms with Crippen LogP contribution in [0.3, 0.4) is 0 Å². The molecule has 2 amide bonds. The molecule has 362 valence electrons. The van der Waals surface area contributed by atoms with E-state index < -0.39 is 36.5 Å². The van der Waals surface area contributed by atoms with E-state index in [1.54, 1.807) is 6.92 Å². The van der Waals surface area contributed by atoms with Crippen molar-refractivity contribution in [2.24, 2.45) is 0 Å². The lowest BCUT2D eigenvalue weighted by molar-refractivity contribution is -0.137. The number of amides is 2. The molecule has 0 bridgehead atoms. The number of nitrogens with zero attached hydrogens (tertiary/aromatic N) is 2. The quantitative estimate of drug-likeness (QED) is 0.0332. The fraction of sp³-hybridized carbons (Fsp3) is 0.961. The van der Waals surface area contributed by atoms with Gasteiger partial charge in [-0.15, -0.1) is 0 Å². The molecule has 1 heterocycles. The van der Waals surface area contributed by atoms with Gasteiger partial charge in [0.1, 0.15) is 12.1 Å². The lowest BCUT2D eigenvalue weighted by atomic mass is 10.0. The Balaban J connectivity index is 2.47. The van der Waals surface area contributed by atoms with Gasteiger partial charge in [0.25, 0.3) is 0 Å². The highest BCUT2D eigenvalue weighted by atomic mass is 16.3. The molecule has 1 aliphatic rings. The Morgan fingerprint density at radius 2 is 0.689 bits per heavy atom. The number of piperazine rings is 1. The minimum atomic E-state index is -0.540. The molecule has 1 aliphatic heterocycles. The first-order valence-electron chi connectivity index (χ1n) is 26.4. The molecule has 0 unspecified atom stereocenters. The number of carbonyl (C=O) groups is 2. The summed E-state index contributed by atoms with van der Waals surface area (Å²) in [7, 11) is 0. The van der Waals surface area contributed by atoms with E-state index in [9.17, 15) is 30.0 Å². The maximum atomic E-state index is 13.1. The largest absolute Gasteiger partial charge is 0.392 e. The molecule has 1 rings (SSSR count). The summed E-state index contributed by atoms with van der Waals surface area (Å²) in [6, 6.07) is -1.08. The van der Waals surface area contributed by atoms with E-state index in [1.807, 2.05) is 0 Å². The van der Waals surface area contributed by atoms with E-state index in [4.69, 9.17) is 0 Å². The molecular formula is C51H102N4O6. The van der Waals surface area contributed by atoms with E-state index >= 15 is 0 Å². The van der Waals surface area contributed by atoms with Crippen LogP contribution in [0.15, 0.2) is 0 Å². The highest BCUT2D eigenvalue weighted by molar-refractivity contribution is 5.96. The van der Waals surface area contributed by atoms with Crippen LogP contribution in [0.1, 0.15) is 240 Å². The standard InChI is InChI=1S/C51H102N4O6/c1-5-8-11-14-17-20-23-26-33-45(57)41-54(40-44(4)56)38-31-29-36-48-50(60)53-49(51(61)52-48)37-30-32-39-55(42-46(58)34-27-24-21-18-15-12-9-6-2)43-47(59)35-28-25-22-19-16-13-10-7-3/h44-49,56-59H,5-43H2,1-4H3,(H,52,61)(H,53,60)/t44-,45-,46-,47-,48+,49-/m0/s1. The molecule has 0 saturated carbocycles. The fourth-order valence-corrected chi connectivity index (χ4v) is 9.05. The second-order valence-corrected chi connectivity index (χ2v) is 19.2. The smallest absolute Gasteiger partial charge is 0.243 e. The van der Waals surface area contributed by atoms with Crippen molar-refractivity contribution in [1.82, 2.24) is 20.4 Å². The van der Waals surface area contributed by atoms with Crippen molar-refractivity contribution < 1.29 is 30.0 Å². The summed E-state index contributed by atoms with van der Waals surface area (Å²) in [6.07, 6.45) is 34.7. The molecule has 6 atom stereocenters. The maximum Gasteiger partial charge on any atom is 0.243 e. The van der Waals surface area contributed by atoms with Gasteiger partial charge in [-0.3, -0.25) is 19.4 Å². The number of unbranched alkanes of at least 4 members (excludes halogenated alkanes) is 23. The topological polar surface area (TPSA) is 146 Å². The van der Waals surface area contributed by atoms with Crippen molar-refractivity contribution in [1.29, 1.82) is 0 Å². The molecular weight excluding hydrogens is 765 g/mol. The van der Waals surface area contributed by atoms with Crippen LogP contribution < -0.4 is 10.6 Å². The molecule has 10 nitrogen and oxygen atoms in total. The fourth-order valence-electron chi connectivity index (χ4n) is 9.05. The predicted octanol–water partition coefficient (Wildman–Crippen LogP) is 9.97. The Kier molecular flexibility index (Phi) is 38.1. The molecule has 1 fully saturated rings. The van der Waals surface area contributed by atoms with Crippen LogP contribution >= 0.6 is 0 Å². The molecule has 1 saturated heterocycles. The molecule has 0 aromatic carbocycles. The monoisotopic (exact) mass is 867 g/mol. The van der Waals surface area contributed by atoms with Crippen molar-refractivity contribution >= 4 is 11.8 Å². The first-order chi connectivity index (χ1) is 29.6. The Hall–Kier alpha value is -1.30. The van der Waals surface area contributed by atoms with Crippen molar-refractivity contribution in [2.75, 3.05) is 39.3 Å². The third-order valence-corrected chi connectivity index (χ3v) is 12.8. The minimum absolute atomic E-state index is 0.122. The number of nitrogens with one attached hydrogen (secondary N) is 2. The highest BCUT2D eigenvalue weighted by Gasteiger charge is 2.33. The summed E-state index contributed by atoms with van der Waals surface area (Å²) in [5.41, 5.74) is 0. The molecule has 6 N–H and O–H groups in total. The van der Waals surface area contributed by atoms with Gasteiger partial charge < -0.3 is 31.1 Å². The highest BCUT2D eigenvalue weighted by Crippen LogP contribution is 2.17. The van der Waals surface area contributed by atoms with Gasteiger partial charge >= 0.3 is 0 Å². The van der Waals surface area contributed by atoms with Gasteiger partial charge in [-0.1, -0.05) is 175 Å². The zero-order valence-corrected chi connectivity index (χ0v) is 40.5. The van der Waals surface area contributed by atoms with Crippen LogP contribution in [-0.4, -0.2) is 118 Å². The predicted molar refractivity (Wildman–Crippen MR) is 256 cm³/mol. The first kappa shape index (κ1) is 57.7. The van der Waals surface area contributed by atoms with E-state index in [0.717, 1.165) is 96.6 Å². The Morgan fingerprint density at radius 1 is 0.410 bits per heavy atom. The maximum absolute atomic E-state index is 13.1. The SMILES string of the molecule is CCCCCCCCCC[C@H](O)CN(CCCC[C@@H]1NC(=O)[C@@H](CCCCN(C[C@@H](O)CCCCCCCCCC)C[C@H](C)O)NC1=O)C[C@@H](O)CCCCCCCCCC. The van der Waals surface area contributed by atoms with Gasteiger partial charge in [-0.2, -0.15) is 0 Å². The van der Waals surface area contributed by atoms with Crippen LogP contribution in [0.2, 0.25) is 0 Å². The van der Waals surface area contributed by atoms with Crippen molar-refractivity contribution in [2.45, 2.75) is 276 Å². The summed E-state index contributed by atoms with van der Waals surface area (Å²) in [6.45, 7) is 12.2. The number of rotatable bonds is 45. The van der Waals surface area contributed by atoms with Crippen LogP contribution in [0.25, 0.3) is 0 Å². The number of hydrogen-bond donors (Lipinski definition) is 6. The summed E-state index contributed by atoms with van der Waals surface area (Å²) in [5.74, 6) is -0.246. The summed E-state index contributed by atoms with van der Waals surface area (Å²) < 4.78 is 0. The van der Waals surface area contributed by atoms with Gasteiger partial charge in [0, 0.05) is 26.2 Å². The summed E-state index contributed by atoms with van der Waals surface area (Å²) >= 11 is 0. The Labute approximate surface area is 376 Å². The molecule has 10 heteroatoms. The van der Waals surface area contributed by atoms with E-state index in [1.165, 1.54) is 116 Å². The van der Waals surface area contributed by atoms with E-state index in [0.29, 0.717) is 39.0 Å². The van der Waals surface area contributed by atoms with Gasteiger partial charge in [0.15, 0.2) is 0 Å². The number of aliphatic hydroxyl groups is 4. The van der Waals surface area contributed by atoms with Crippen LogP contribution in [0, 0.1) is 0 Å². The summed E-state index contributed by atoms with van der Waals surface area (Å²) in [5, 5.41) is 48.7. The zero-order valence-electron chi connectivity index (χ0n) is 40.5. The molecule has 0 aliphatic carbocycles. The van der Waals surface area contributed by atoms with Crippen molar-refractivity contribution in [3.8, 4) is 0 Å². The summed E-state index contributed by atoms with van der Waals surface area (Å²) in [4.78, 5) is 30.5. The van der Waals surface area contributed by atoms with Gasteiger partial charge in [0.05, 0.1) is 24.4 Å². The molecule has 0 aromatic heterocycles. The molecule has 0 spiro atoms. The van der Waals surface area contributed by atoms with Gasteiger partial charge in [-0.05, 0) is 77.8 Å². The first-order valence-corrected chi connectivity index (χ1v) is 26.4. The van der Waals surface area contributed by atoms with Crippen LogP contribution in [-0.2, 0) is 9.59 Å². The average molecular weight is 867 g/mol. The number of hydrogen-bond acceptors (Lipinski definition) is 8. The molecule has 0 aromatic rings. The normalized spacial score (nSPS) is 17.8. The average Bonchev–Trinajstić information content (AvgIpc) is 3.22. The number of aliphatic hydroxyl groups excluding tert-OH is 4.